The van der Waals surface area contributed by atoms with Gasteiger partial charge in [-0.1, -0.05) is 17.2 Å². The molecule has 1 unspecified atom stereocenters. The van der Waals surface area contributed by atoms with E-state index in [1.807, 2.05) is 0 Å². The molecule has 2 saturated heterocycles. The van der Waals surface area contributed by atoms with E-state index in [2.05, 4.69) is 0 Å². The predicted molar refractivity (Wildman–Crippen MR) is 115 cm³/mol. The van der Waals surface area contributed by atoms with Gasteiger partial charge in [0.25, 0.3) is 11.8 Å². The lowest BCUT2D eigenvalue weighted by Gasteiger charge is -2.36. The van der Waals surface area contributed by atoms with E-state index in [4.69, 9.17) is 9.57 Å². The second-order valence-electron chi connectivity index (χ2n) is 9.79. The Balaban J connectivity index is 1.57. The van der Waals surface area contributed by atoms with Gasteiger partial charge in [-0.2, -0.15) is 0 Å². The summed E-state index contributed by atoms with van der Waals surface area (Å²) in [4.78, 5) is 57.8. The van der Waals surface area contributed by atoms with Gasteiger partial charge in [0.05, 0.1) is 28.6 Å². The van der Waals surface area contributed by atoms with Crippen LogP contribution in [0, 0.1) is 11.3 Å². The molecule has 4 rings (SSSR count). The summed E-state index contributed by atoms with van der Waals surface area (Å²) >= 11 is 0. The largest absolute Gasteiger partial charge is 0.444 e. The zero-order valence-corrected chi connectivity index (χ0v) is 19.5. The van der Waals surface area contributed by atoms with Gasteiger partial charge in [0, 0.05) is 18.5 Å². The van der Waals surface area contributed by atoms with E-state index in [1.165, 1.54) is 17.0 Å². The van der Waals surface area contributed by atoms with Crippen molar-refractivity contribution < 1.29 is 37.2 Å². The number of carbonyl (C=O) groups is 4. The van der Waals surface area contributed by atoms with Crippen LogP contribution in [0.1, 0.15) is 54.3 Å². The van der Waals surface area contributed by atoms with E-state index in [9.17, 15) is 27.6 Å². The monoisotopic (exact) mass is 478 g/mol. The number of hydrogen-bond acceptors (Lipinski definition) is 8. The zero-order valence-electron chi connectivity index (χ0n) is 18.7. The van der Waals surface area contributed by atoms with Crippen LogP contribution in [-0.2, 0) is 24.2 Å². The van der Waals surface area contributed by atoms with Crippen molar-refractivity contribution in [3.8, 4) is 0 Å². The molecular weight excluding hydrogens is 452 g/mol. The van der Waals surface area contributed by atoms with Gasteiger partial charge >= 0.3 is 12.1 Å². The summed E-state index contributed by atoms with van der Waals surface area (Å²) in [5.74, 6) is -3.49. The Morgan fingerprint density at radius 2 is 1.58 bits per heavy atom. The molecule has 3 aliphatic heterocycles. The lowest BCUT2D eigenvalue weighted by molar-refractivity contribution is -0.177. The molecule has 1 atom stereocenters. The molecule has 11 heteroatoms. The third-order valence-electron chi connectivity index (χ3n) is 6.34. The smallest absolute Gasteiger partial charge is 0.410 e. The molecule has 0 aromatic heterocycles. The molecule has 1 spiro atoms. The fraction of sp³-hybridized carbons (Fsp3) is 0.545. The Bertz CT molecular complexity index is 1090. The van der Waals surface area contributed by atoms with Crippen molar-refractivity contribution in [2.24, 2.45) is 11.3 Å². The Morgan fingerprint density at radius 1 is 1.03 bits per heavy atom. The molecule has 0 radical (unpaired) electrons. The molecule has 1 aromatic rings. The predicted octanol–water partition coefficient (Wildman–Crippen LogP) is 1.80. The van der Waals surface area contributed by atoms with Crippen molar-refractivity contribution in [3.63, 3.8) is 0 Å². The maximum Gasteiger partial charge on any atom is 0.410 e. The van der Waals surface area contributed by atoms with Gasteiger partial charge in [0.15, 0.2) is 0 Å². The normalized spacial score (nSPS) is 23.5. The van der Waals surface area contributed by atoms with Crippen LogP contribution in [-0.4, -0.2) is 72.5 Å². The van der Waals surface area contributed by atoms with Gasteiger partial charge < -0.3 is 14.5 Å². The summed E-state index contributed by atoms with van der Waals surface area (Å²) in [6.45, 7) is 5.23. The van der Waals surface area contributed by atoms with Gasteiger partial charge in [-0.25, -0.2) is 18.0 Å². The zero-order chi connectivity index (χ0) is 24.2. The Morgan fingerprint density at radius 3 is 2.09 bits per heavy atom. The average Bonchev–Trinajstić information content (AvgIpc) is 3.22. The lowest BCUT2D eigenvalue weighted by atomic mass is 9.73. The molecule has 178 valence electrons. The average molecular weight is 479 g/mol. The quantitative estimate of drug-likeness (QED) is 0.589. The van der Waals surface area contributed by atoms with Crippen molar-refractivity contribution >= 4 is 33.7 Å². The topological polar surface area (TPSA) is 127 Å². The molecular formula is C22H26N2O8S. The Labute approximate surface area is 191 Å². The number of ether oxygens (including phenoxy) is 1. The Kier molecular flexibility index (Phi) is 5.50. The molecule has 0 saturated carbocycles. The molecule has 0 aliphatic carbocycles. The number of carbonyl (C=O) groups excluding carboxylic acids is 4. The third kappa shape index (κ3) is 4.33. The number of hydrogen-bond donors (Lipinski definition) is 0. The minimum Gasteiger partial charge on any atom is -0.444 e. The maximum absolute atomic E-state index is 13.2. The molecule has 3 amide bonds. The van der Waals surface area contributed by atoms with Crippen LogP contribution in [0.4, 0.5) is 4.79 Å². The van der Waals surface area contributed by atoms with Gasteiger partial charge in [-0.15, -0.1) is 0 Å². The van der Waals surface area contributed by atoms with E-state index < -0.39 is 50.6 Å². The molecule has 3 aliphatic rings. The maximum atomic E-state index is 13.2. The van der Waals surface area contributed by atoms with E-state index >= 15 is 0 Å². The summed E-state index contributed by atoms with van der Waals surface area (Å²) in [6.07, 6.45) is -0.293. The Hall–Kier alpha value is -2.95. The van der Waals surface area contributed by atoms with Crippen LogP contribution in [0.15, 0.2) is 24.3 Å². The number of amides is 3. The fourth-order valence-electron chi connectivity index (χ4n) is 4.61. The van der Waals surface area contributed by atoms with Crippen LogP contribution in [0.5, 0.6) is 0 Å². The second-order valence-corrected chi connectivity index (χ2v) is 12.1. The minimum atomic E-state index is -3.24. The molecule has 0 N–H and O–H groups in total. The summed E-state index contributed by atoms with van der Waals surface area (Å²) in [6, 6.07) is 6.14. The first-order valence-electron chi connectivity index (χ1n) is 10.7. The van der Waals surface area contributed by atoms with Gasteiger partial charge in [-0.3, -0.25) is 9.59 Å². The van der Waals surface area contributed by atoms with Crippen molar-refractivity contribution in [2.45, 2.75) is 39.2 Å². The van der Waals surface area contributed by atoms with E-state index in [1.54, 1.807) is 32.9 Å². The molecule has 10 nitrogen and oxygen atoms in total. The molecule has 33 heavy (non-hydrogen) atoms. The van der Waals surface area contributed by atoms with Gasteiger partial charge in [0.2, 0.25) is 0 Å². The highest BCUT2D eigenvalue weighted by Gasteiger charge is 2.55. The number of benzene rings is 1. The molecule has 2 fully saturated rings. The van der Waals surface area contributed by atoms with E-state index in [0.717, 1.165) is 0 Å². The van der Waals surface area contributed by atoms with Crippen molar-refractivity contribution in [3.05, 3.63) is 35.4 Å². The number of rotatable bonds is 2. The van der Waals surface area contributed by atoms with Crippen LogP contribution in [0.25, 0.3) is 0 Å². The molecule has 1 aromatic carbocycles. The summed E-state index contributed by atoms with van der Waals surface area (Å²) < 4.78 is 29.5. The molecule has 3 heterocycles. The highest BCUT2D eigenvalue weighted by molar-refractivity contribution is 7.91. The summed E-state index contributed by atoms with van der Waals surface area (Å²) in [5, 5.41) is 0.441. The van der Waals surface area contributed by atoms with Crippen LogP contribution in [0.2, 0.25) is 0 Å². The first-order chi connectivity index (χ1) is 15.3. The molecule has 0 bridgehead atoms. The number of likely N-dealkylation sites (tertiary alicyclic amines) is 1. The first-order valence-corrected chi connectivity index (χ1v) is 12.5. The highest BCUT2D eigenvalue weighted by atomic mass is 32.2. The van der Waals surface area contributed by atoms with Crippen molar-refractivity contribution in [1.29, 1.82) is 0 Å². The van der Waals surface area contributed by atoms with Crippen LogP contribution in [0.3, 0.4) is 0 Å². The SMILES string of the molecule is CC(C)(C)OC(=O)N1CC(C(=O)ON2C(=O)c3ccccc3C2=O)C2(CCS(=O)(=O)CC2)C1. The van der Waals surface area contributed by atoms with E-state index in [0.29, 0.717) is 5.06 Å². The highest BCUT2D eigenvalue weighted by Crippen LogP contribution is 2.46. The fourth-order valence-corrected chi connectivity index (χ4v) is 6.25. The van der Waals surface area contributed by atoms with Crippen LogP contribution >= 0.6 is 0 Å². The van der Waals surface area contributed by atoms with Gasteiger partial charge in [0.1, 0.15) is 15.4 Å². The lowest BCUT2D eigenvalue weighted by Crippen LogP contribution is -2.45. The van der Waals surface area contributed by atoms with Crippen molar-refractivity contribution in [2.75, 3.05) is 24.6 Å². The second kappa shape index (κ2) is 7.82. The standard InChI is InChI=1S/C22H26N2O8S/c1-21(2,3)31-20(28)23-12-16(22(13-23)8-10-33(29,30)11-9-22)19(27)32-24-17(25)14-6-4-5-7-15(14)18(24)26/h4-7,16H,8-13H2,1-3H3. The number of nitrogens with zero attached hydrogens (tertiary/aromatic N) is 2. The number of fused-ring (bicyclic) bond motifs is 1. The third-order valence-corrected chi connectivity index (χ3v) is 8.00. The number of sulfone groups is 1. The van der Waals surface area contributed by atoms with Crippen LogP contribution < -0.4 is 0 Å². The summed E-state index contributed by atoms with van der Waals surface area (Å²) in [7, 11) is -3.24. The minimum absolute atomic E-state index is 0.0586. The number of hydroxylamine groups is 2. The number of imide groups is 1. The van der Waals surface area contributed by atoms with E-state index in [-0.39, 0.29) is 48.6 Å². The van der Waals surface area contributed by atoms with Crippen molar-refractivity contribution in [1.82, 2.24) is 9.96 Å². The summed E-state index contributed by atoms with van der Waals surface area (Å²) in [5.41, 5.74) is -1.33. The van der Waals surface area contributed by atoms with Gasteiger partial charge in [-0.05, 0) is 45.7 Å². The first kappa shape index (κ1) is 23.2.